The number of alkyl halides is 3. The molecule has 1 aromatic rings. The van der Waals surface area contributed by atoms with Crippen LogP contribution >= 0.6 is 0 Å². The van der Waals surface area contributed by atoms with Gasteiger partial charge in [-0.15, -0.1) is 10.2 Å². The van der Waals surface area contributed by atoms with Gasteiger partial charge in [-0.1, -0.05) is 0 Å². The van der Waals surface area contributed by atoms with Crippen molar-refractivity contribution >= 4 is 5.95 Å². The number of halogens is 3. The predicted octanol–water partition coefficient (Wildman–Crippen LogP) is 2.95. The molecule has 0 radical (unpaired) electrons. The Labute approximate surface area is 126 Å². The SMILES string of the molecule is FC(F)(F)C12CC1CN(c1nnc(C3CC3)n1CC1CC1)C2. The molecule has 4 nitrogen and oxygen atoms in total. The Balaban J connectivity index is 1.44. The Hall–Kier alpha value is -1.27. The van der Waals surface area contributed by atoms with Crippen molar-refractivity contribution in [3.05, 3.63) is 5.82 Å². The van der Waals surface area contributed by atoms with Crippen LogP contribution in [-0.4, -0.2) is 34.0 Å². The second kappa shape index (κ2) is 3.97. The van der Waals surface area contributed by atoms with Crippen molar-refractivity contribution in [3.8, 4) is 0 Å². The summed E-state index contributed by atoms with van der Waals surface area (Å²) < 4.78 is 41.9. The molecule has 2 heterocycles. The highest BCUT2D eigenvalue weighted by atomic mass is 19.4. The number of hydrogen-bond donors (Lipinski definition) is 0. The molecule has 2 unspecified atom stereocenters. The highest BCUT2D eigenvalue weighted by Gasteiger charge is 2.74. The number of piperidine rings is 1. The Kier molecular flexibility index (Phi) is 2.38. The van der Waals surface area contributed by atoms with Gasteiger partial charge < -0.3 is 4.90 Å². The summed E-state index contributed by atoms with van der Waals surface area (Å²) in [5.41, 5.74) is -1.47. The van der Waals surface area contributed by atoms with Crippen LogP contribution in [0.2, 0.25) is 0 Å². The highest BCUT2D eigenvalue weighted by Crippen LogP contribution is 2.66. The lowest BCUT2D eigenvalue weighted by Crippen LogP contribution is -2.34. The predicted molar refractivity (Wildman–Crippen MR) is 73.5 cm³/mol. The van der Waals surface area contributed by atoms with E-state index in [1.54, 1.807) is 0 Å². The highest BCUT2D eigenvalue weighted by molar-refractivity contribution is 5.40. The number of nitrogens with zero attached hydrogens (tertiary/aromatic N) is 4. The quantitative estimate of drug-likeness (QED) is 0.857. The van der Waals surface area contributed by atoms with E-state index in [-0.39, 0.29) is 12.5 Å². The van der Waals surface area contributed by atoms with Crippen LogP contribution in [0.4, 0.5) is 19.1 Å². The van der Waals surface area contributed by atoms with Crippen molar-refractivity contribution in [2.45, 2.75) is 50.7 Å². The third kappa shape index (κ3) is 1.83. The van der Waals surface area contributed by atoms with Crippen LogP contribution in [0.1, 0.15) is 43.8 Å². The molecular weight excluding hydrogens is 293 g/mol. The fourth-order valence-corrected chi connectivity index (χ4v) is 3.99. The summed E-state index contributed by atoms with van der Waals surface area (Å²) in [6.45, 7) is 1.43. The summed E-state index contributed by atoms with van der Waals surface area (Å²) in [5.74, 6) is 2.59. The summed E-state index contributed by atoms with van der Waals surface area (Å²) in [5, 5.41) is 8.60. The molecule has 1 saturated heterocycles. The molecule has 22 heavy (non-hydrogen) atoms. The third-order valence-corrected chi connectivity index (χ3v) is 5.83. The van der Waals surface area contributed by atoms with Crippen LogP contribution < -0.4 is 4.90 Å². The van der Waals surface area contributed by atoms with Gasteiger partial charge in [-0.25, -0.2) is 0 Å². The standard InChI is InChI=1S/C15H19F3N4/c16-15(17,18)14-5-11(14)7-21(8-14)13-20-19-12(10-3-4-10)22(13)6-9-1-2-9/h9-11H,1-8H2. The molecule has 4 fully saturated rings. The maximum absolute atomic E-state index is 13.3. The molecule has 1 aliphatic heterocycles. The van der Waals surface area contributed by atoms with Crippen molar-refractivity contribution in [1.29, 1.82) is 0 Å². The van der Waals surface area contributed by atoms with E-state index in [2.05, 4.69) is 14.8 Å². The number of rotatable bonds is 4. The smallest absolute Gasteiger partial charge is 0.340 e. The van der Waals surface area contributed by atoms with Crippen LogP contribution in [0.25, 0.3) is 0 Å². The van der Waals surface area contributed by atoms with Gasteiger partial charge in [0.2, 0.25) is 5.95 Å². The van der Waals surface area contributed by atoms with Crippen LogP contribution in [-0.2, 0) is 6.54 Å². The minimum atomic E-state index is -4.09. The zero-order valence-corrected chi connectivity index (χ0v) is 12.3. The molecule has 5 rings (SSSR count). The lowest BCUT2D eigenvalue weighted by Gasteiger charge is -2.24. The van der Waals surface area contributed by atoms with E-state index in [0.717, 1.165) is 25.2 Å². The summed E-state index contributed by atoms with van der Waals surface area (Å²) in [7, 11) is 0. The number of hydrogen-bond acceptors (Lipinski definition) is 3. The second-order valence-corrected chi connectivity index (χ2v) is 7.62. The molecule has 3 saturated carbocycles. The Bertz CT molecular complexity index is 617. The Morgan fingerprint density at radius 3 is 2.50 bits per heavy atom. The summed E-state index contributed by atoms with van der Waals surface area (Å²) >= 11 is 0. The van der Waals surface area contributed by atoms with Crippen molar-refractivity contribution in [2.75, 3.05) is 18.0 Å². The Morgan fingerprint density at radius 1 is 1.14 bits per heavy atom. The number of aromatic nitrogens is 3. The Morgan fingerprint density at radius 2 is 1.91 bits per heavy atom. The van der Waals surface area contributed by atoms with Gasteiger partial charge >= 0.3 is 6.18 Å². The average molecular weight is 312 g/mol. The second-order valence-electron chi connectivity index (χ2n) is 7.62. The minimum Gasteiger partial charge on any atom is -0.340 e. The summed E-state index contributed by atoms with van der Waals surface area (Å²) in [6, 6.07) is 0. The van der Waals surface area contributed by atoms with E-state index < -0.39 is 11.6 Å². The van der Waals surface area contributed by atoms with Gasteiger partial charge in [-0.2, -0.15) is 13.2 Å². The molecule has 7 heteroatoms. The zero-order valence-electron chi connectivity index (χ0n) is 12.3. The molecule has 0 amide bonds. The molecule has 0 aromatic carbocycles. The summed E-state index contributed by atoms with van der Waals surface area (Å²) in [6.07, 6.45) is 0.913. The average Bonchev–Trinajstić information content (AvgIpc) is 3.35. The van der Waals surface area contributed by atoms with E-state index in [1.165, 1.54) is 12.8 Å². The molecule has 3 aliphatic carbocycles. The largest absolute Gasteiger partial charge is 0.396 e. The summed E-state index contributed by atoms with van der Waals surface area (Å²) in [4.78, 5) is 1.84. The van der Waals surface area contributed by atoms with Crippen molar-refractivity contribution in [1.82, 2.24) is 14.8 Å². The minimum absolute atomic E-state index is 0.0641. The van der Waals surface area contributed by atoms with Crippen molar-refractivity contribution < 1.29 is 13.2 Å². The van der Waals surface area contributed by atoms with Crippen LogP contribution in [0.3, 0.4) is 0 Å². The zero-order chi connectivity index (χ0) is 15.1. The van der Waals surface area contributed by atoms with Crippen LogP contribution in [0.15, 0.2) is 0 Å². The molecule has 2 atom stereocenters. The fraction of sp³-hybridized carbons (Fsp3) is 0.867. The van der Waals surface area contributed by atoms with Gasteiger partial charge in [0.05, 0.1) is 5.41 Å². The first kappa shape index (κ1) is 13.2. The molecular formula is C15H19F3N4. The fourth-order valence-electron chi connectivity index (χ4n) is 3.99. The van der Waals surface area contributed by atoms with Gasteiger partial charge in [0.25, 0.3) is 0 Å². The molecule has 0 bridgehead atoms. The maximum Gasteiger partial charge on any atom is 0.396 e. The van der Waals surface area contributed by atoms with E-state index in [1.807, 2.05) is 4.90 Å². The number of anilines is 1. The van der Waals surface area contributed by atoms with Crippen LogP contribution in [0.5, 0.6) is 0 Å². The van der Waals surface area contributed by atoms with Gasteiger partial charge in [0.15, 0.2) is 0 Å². The number of fused-ring (bicyclic) bond motifs is 1. The van der Waals surface area contributed by atoms with E-state index >= 15 is 0 Å². The molecule has 4 aliphatic rings. The first-order valence-corrected chi connectivity index (χ1v) is 8.23. The van der Waals surface area contributed by atoms with Crippen molar-refractivity contribution in [3.63, 3.8) is 0 Å². The molecule has 0 spiro atoms. The monoisotopic (exact) mass is 312 g/mol. The lowest BCUT2D eigenvalue weighted by atomic mass is 10.1. The lowest BCUT2D eigenvalue weighted by molar-refractivity contribution is -0.184. The van der Waals surface area contributed by atoms with Gasteiger partial charge in [0.1, 0.15) is 5.82 Å². The van der Waals surface area contributed by atoms with Gasteiger partial charge in [0, 0.05) is 25.6 Å². The maximum atomic E-state index is 13.3. The first-order chi connectivity index (χ1) is 10.5. The first-order valence-electron chi connectivity index (χ1n) is 8.23. The van der Waals surface area contributed by atoms with E-state index in [4.69, 9.17) is 0 Å². The van der Waals surface area contributed by atoms with E-state index in [0.29, 0.717) is 30.7 Å². The normalized spacial score (nSPS) is 34.1. The van der Waals surface area contributed by atoms with Crippen molar-refractivity contribution in [2.24, 2.45) is 17.3 Å². The van der Waals surface area contributed by atoms with E-state index in [9.17, 15) is 13.2 Å². The third-order valence-electron chi connectivity index (χ3n) is 5.83. The van der Waals surface area contributed by atoms with Gasteiger partial charge in [-0.3, -0.25) is 4.57 Å². The molecule has 1 aromatic heterocycles. The molecule has 0 N–H and O–H groups in total. The van der Waals surface area contributed by atoms with Crippen LogP contribution in [0, 0.1) is 17.3 Å². The van der Waals surface area contributed by atoms with Gasteiger partial charge in [-0.05, 0) is 43.9 Å². The molecule has 120 valence electrons. The topological polar surface area (TPSA) is 34.0 Å².